The molecule has 0 saturated carbocycles. The second-order valence-electron chi connectivity index (χ2n) is 4.53. The molecular formula is C14H20N4O. The predicted molar refractivity (Wildman–Crippen MR) is 74.4 cm³/mol. The molecule has 0 saturated heterocycles. The van der Waals surface area contributed by atoms with Crippen LogP contribution in [-0.2, 0) is 11.3 Å². The van der Waals surface area contributed by atoms with Gasteiger partial charge in [0.15, 0.2) is 5.82 Å². The zero-order valence-electron chi connectivity index (χ0n) is 11.7. The number of aromatic nitrogens is 3. The van der Waals surface area contributed by atoms with Gasteiger partial charge in [0.1, 0.15) is 0 Å². The monoisotopic (exact) mass is 260 g/mol. The minimum atomic E-state index is 0.720. The van der Waals surface area contributed by atoms with Crippen molar-refractivity contribution in [1.82, 2.24) is 20.1 Å². The fraction of sp³-hybridized carbons (Fsp3) is 0.429. The lowest BCUT2D eigenvalue weighted by atomic mass is 10.3. The first-order valence-corrected chi connectivity index (χ1v) is 6.39. The lowest BCUT2D eigenvalue weighted by Crippen LogP contribution is -2.18. The van der Waals surface area contributed by atoms with Crippen molar-refractivity contribution in [1.29, 1.82) is 0 Å². The van der Waals surface area contributed by atoms with Crippen LogP contribution >= 0.6 is 0 Å². The molecular weight excluding hydrogens is 240 g/mol. The van der Waals surface area contributed by atoms with Gasteiger partial charge in [0.05, 0.1) is 12.3 Å². The summed E-state index contributed by atoms with van der Waals surface area (Å²) in [6.45, 7) is 6.38. The molecule has 0 atom stereocenters. The molecule has 5 heteroatoms. The molecule has 0 amide bonds. The molecule has 0 spiro atoms. The SMILES string of the molecule is COCCNCc1ccc(-n2nc(C)cc2C)nc1. The summed E-state index contributed by atoms with van der Waals surface area (Å²) in [5, 5.41) is 7.71. The highest BCUT2D eigenvalue weighted by Crippen LogP contribution is 2.10. The van der Waals surface area contributed by atoms with Crippen LogP contribution in [0.25, 0.3) is 5.82 Å². The second kappa shape index (κ2) is 6.45. The van der Waals surface area contributed by atoms with E-state index in [2.05, 4.69) is 21.5 Å². The number of ether oxygens (including phenoxy) is 1. The molecule has 0 bridgehead atoms. The molecule has 2 rings (SSSR count). The topological polar surface area (TPSA) is 52.0 Å². The Morgan fingerprint density at radius 1 is 1.32 bits per heavy atom. The highest BCUT2D eigenvalue weighted by molar-refractivity contribution is 5.27. The van der Waals surface area contributed by atoms with Crippen LogP contribution in [0.4, 0.5) is 0 Å². The van der Waals surface area contributed by atoms with E-state index in [4.69, 9.17) is 4.74 Å². The minimum absolute atomic E-state index is 0.720. The van der Waals surface area contributed by atoms with Crippen molar-refractivity contribution >= 4 is 0 Å². The number of rotatable bonds is 6. The van der Waals surface area contributed by atoms with Crippen molar-refractivity contribution in [2.24, 2.45) is 0 Å². The third-order valence-electron chi connectivity index (χ3n) is 2.85. The Morgan fingerprint density at radius 2 is 2.16 bits per heavy atom. The van der Waals surface area contributed by atoms with Gasteiger partial charge in [-0.25, -0.2) is 9.67 Å². The van der Waals surface area contributed by atoms with E-state index in [1.165, 1.54) is 0 Å². The summed E-state index contributed by atoms with van der Waals surface area (Å²) in [5.74, 6) is 0.853. The van der Waals surface area contributed by atoms with E-state index in [1.807, 2.05) is 36.9 Å². The quantitative estimate of drug-likeness (QED) is 0.802. The molecule has 0 radical (unpaired) electrons. The van der Waals surface area contributed by atoms with Gasteiger partial charge in [-0.15, -0.1) is 0 Å². The average Bonchev–Trinajstić information content (AvgIpc) is 2.75. The van der Waals surface area contributed by atoms with E-state index >= 15 is 0 Å². The summed E-state index contributed by atoms with van der Waals surface area (Å²) in [6, 6.07) is 6.10. The fourth-order valence-electron chi connectivity index (χ4n) is 1.91. The largest absolute Gasteiger partial charge is 0.383 e. The van der Waals surface area contributed by atoms with Crippen molar-refractivity contribution in [2.45, 2.75) is 20.4 Å². The molecule has 1 N–H and O–H groups in total. The predicted octanol–water partition coefficient (Wildman–Crippen LogP) is 1.62. The van der Waals surface area contributed by atoms with E-state index in [-0.39, 0.29) is 0 Å². The average molecular weight is 260 g/mol. The summed E-state index contributed by atoms with van der Waals surface area (Å²) in [6.07, 6.45) is 1.88. The van der Waals surface area contributed by atoms with Crippen LogP contribution in [0.2, 0.25) is 0 Å². The summed E-state index contributed by atoms with van der Waals surface area (Å²) in [5.41, 5.74) is 3.25. The molecule has 19 heavy (non-hydrogen) atoms. The smallest absolute Gasteiger partial charge is 0.153 e. The van der Waals surface area contributed by atoms with E-state index in [0.717, 1.165) is 42.5 Å². The first-order chi connectivity index (χ1) is 9.20. The van der Waals surface area contributed by atoms with E-state index in [1.54, 1.807) is 7.11 Å². The third-order valence-corrected chi connectivity index (χ3v) is 2.85. The van der Waals surface area contributed by atoms with Gasteiger partial charge in [-0.2, -0.15) is 5.10 Å². The number of aryl methyl sites for hydroxylation is 2. The lowest BCUT2D eigenvalue weighted by Gasteiger charge is -2.06. The van der Waals surface area contributed by atoms with Crippen LogP contribution < -0.4 is 5.32 Å². The van der Waals surface area contributed by atoms with Crippen LogP contribution in [0.5, 0.6) is 0 Å². The summed E-state index contributed by atoms with van der Waals surface area (Å²) >= 11 is 0. The number of hydrogen-bond acceptors (Lipinski definition) is 4. The Kier molecular flexibility index (Phi) is 4.65. The number of methoxy groups -OCH3 is 1. The minimum Gasteiger partial charge on any atom is -0.383 e. The van der Waals surface area contributed by atoms with Gasteiger partial charge >= 0.3 is 0 Å². The van der Waals surface area contributed by atoms with Crippen LogP contribution in [0.15, 0.2) is 24.4 Å². The molecule has 0 fully saturated rings. The molecule has 0 aliphatic rings. The second-order valence-corrected chi connectivity index (χ2v) is 4.53. The van der Waals surface area contributed by atoms with Gasteiger partial charge in [-0.05, 0) is 31.5 Å². The standard InChI is InChI=1S/C14H20N4O/c1-11-8-12(2)18(17-11)14-5-4-13(10-16-14)9-15-6-7-19-3/h4-5,8,10,15H,6-7,9H2,1-3H3. The van der Waals surface area contributed by atoms with Crippen LogP contribution in [0, 0.1) is 13.8 Å². The Morgan fingerprint density at radius 3 is 2.74 bits per heavy atom. The summed E-state index contributed by atoms with van der Waals surface area (Å²) in [7, 11) is 1.70. The molecule has 0 aliphatic carbocycles. The third kappa shape index (κ3) is 3.62. The normalized spacial score (nSPS) is 10.9. The number of nitrogens with zero attached hydrogens (tertiary/aromatic N) is 3. The zero-order chi connectivity index (χ0) is 13.7. The highest BCUT2D eigenvalue weighted by atomic mass is 16.5. The van der Waals surface area contributed by atoms with Gasteiger partial charge in [0.2, 0.25) is 0 Å². The van der Waals surface area contributed by atoms with Gasteiger partial charge in [-0.3, -0.25) is 0 Å². The van der Waals surface area contributed by atoms with Gasteiger partial charge in [-0.1, -0.05) is 6.07 Å². The van der Waals surface area contributed by atoms with Crippen molar-refractivity contribution in [3.63, 3.8) is 0 Å². The Labute approximate surface area is 113 Å². The Balaban J connectivity index is 2.00. The first-order valence-electron chi connectivity index (χ1n) is 6.39. The number of pyridine rings is 1. The van der Waals surface area contributed by atoms with Crippen LogP contribution in [0.3, 0.4) is 0 Å². The molecule has 0 aromatic carbocycles. The van der Waals surface area contributed by atoms with Crippen molar-refractivity contribution in [2.75, 3.05) is 20.3 Å². The summed E-state index contributed by atoms with van der Waals surface area (Å²) < 4.78 is 6.84. The van der Waals surface area contributed by atoms with Crippen LogP contribution in [-0.4, -0.2) is 35.0 Å². The van der Waals surface area contributed by atoms with E-state index in [9.17, 15) is 0 Å². The fourth-order valence-corrected chi connectivity index (χ4v) is 1.91. The number of nitrogens with one attached hydrogen (secondary N) is 1. The molecule has 2 aromatic heterocycles. The Bertz CT molecular complexity index is 519. The maximum atomic E-state index is 4.98. The lowest BCUT2D eigenvalue weighted by molar-refractivity contribution is 0.199. The molecule has 2 heterocycles. The molecule has 5 nitrogen and oxygen atoms in total. The highest BCUT2D eigenvalue weighted by Gasteiger charge is 2.04. The van der Waals surface area contributed by atoms with Crippen molar-refractivity contribution < 1.29 is 4.74 Å². The van der Waals surface area contributed by atoms with Gasteiger partial charge in [0.25, 0.3) is 0 Å². The first kappa shape index (κ1) is 13.7. The van der Waals surface area contributed by atoms with E-state index < -0.39 is 0 Å². The van der Waals surface area contributed by atoms with Gasteiger partial charge < -0.3 is 10.1 Å². The number of hydrogen-bond donors (Lipinski definition) is 1. The molecule has 0 unspecified atom stereocenters. The maximum absolute atomic E-state index is 4.98. The van der Waals surface area contributed by atoms with Crippen molar-refractivity contribution in [3.05, 3.63) is 41.3 Å². The molecule has 2 aromatic rings. The summed E-state index contributed by atoms with van der Waals surface area (Å²) in [4.78, 5) is 4.45. The molecule has 0 aliphatic heterocycles. The molecule has 102 valence electrons. The van der Waals surface area contributed by atoms with Gasteiger partial charge in [0, 0.05) is 32.1 Å². The van der Waals surface area contributed by atoms with Crippen LogP contribution in [0.1, 0.15) is 17.0 Å². The van der Waals surface area contributed by atoms with Crippen molar-refractivity contribution in [3.8, 4) is 5.82 Å². The zero-order valence-corrected chi connectivity index (χ0v) is 11.7. The Hall–Kier alpha value is -1.72. The van der Waals surface area contributed by atoms with E-state index in [0.29, 0.717) is 0 Å². The maximum Gasteiger partial charge on any atom is 0.153 e.